The number of rotatable bonds is 50. The van der Waals surface area contributed by atoms with Gasteiger partial charge in [0.25, 0.3) is 0 Å². The van der Waals surface area contributed by atoms with Crippen LogP contribution in [0, 0.1) is 0 Å². The van der Waals surface area contributed by atoms with E-state index in [0.29, 0.717) is 25.9 Å². The first-order valence-electron chi connectivity index (χ1n) is 27.8. The summed E-state index contributed by atoms with van der Waals surface area (Å²) in [4.78, 5) is 25.4. The normalized spacial score (nSPS) is 13.0. The summed E-state index contributed by atoms with van der Waals surface area (Å²) in [5.41, 5.74) is 0. The first kappa shape index (κ1) is 62.8. The lowest BCUT2D eigenvalue weighted by molar-refractivity contribution is -0.162. The molecule has 0 rings (SSSR count). The van der Waals surface area contributed by atoms with Crippen molar-refractivity contribution in [2.45, 2.75) is 258 Å². The molecule has 0 heterocycles. The van der Waals surface area contributed by atoms with E-state index in [-0.39, 0.29) is 25.2 Å². The van der Waals surface area contributed by atoms with E-state index in [1.807, 2.05) is 6.08 Å². The third-order valence-corrected chi connectivity index (χ3v) is 11.6. The van der Waals surface area contributed by atoms with Crippen molar-refractivity contribution in [2.75, 3.05) is 19.8 Å². The summed E-state index contributed by atoms with van der Waals surface area (Å²) >= 11 is 0. The summed E-state index contributed by atoms with van der Waals surface area (Å²) in [5.74, 6) is -0.499. The molecule has 0 saturated heterocycles. The largest absolute Gasteiger partial charge is 0.462 e. The predicted molar refractivity (Wildman–Crippen MR) is 288 cm³/mol. The van der Waals surface area contributed by atoms with Crippen molar-refractivity contribution >= 4 is 11.9 Å². The quantitative estimate of drug-likeness (QED) is 0.0346. The zero-order valence-electron chi connectivity index (χ0n) is 43.4. The maximum atomic E-state index is 12.8. The van der Waals surface area contributed by atoms with Crippen LogP contribution in [-0.2, 0) is 23.8 Å². The molecule has 0 aromatic heterocycles. The molecule has 1 unspecified atom stereocenters. The Morgan fingerprint density at radius 1 is 0.348 bits per heavy atom. The second-order valence-electron chi connectivity index (χ2n) is 18.1. The Morgan fingerprint density at radius 2 is 0.727 bits per heavy atom. The van der Waals surface area contributed by atoms with Crippen molar-refractivity contribution in [3.63, 3.8) is 0 Å². The zero-order chi connectivity index (χ0) is 47.7. The molecule has 0 aliphatic heterocycles. The van der Waals surface area contributed by atoms with Gasteiger partial charge < -0.3 is 14.2 Å². The number of ether oxygens (including phenoxy) is 3. The van der Waals surface area contributed by atoms with Crippen molar-refractivity contribution in [1.29, 1.82) is 0 Å². The molecule has 0 aromatic rings. The van der Waals surface area contributed by atoms with Crippen molar-refractivity contribution in [2.24, 2.45) is 0 Å². The second-order valence-corrected chi connectivity index (χ2v) is 18.1. The number of carbonyl (C=O) groups is 2. The van der Waals surface area contributed by atoms with E-state index in [1.165, 1.54) is 141 Å². The van der Waals surface area contributed by atoms with Gasteiger partial charge in [-0.2, -0.15) is 0 Å². The van der Waals surface area contributed by atoms with Gasteiger partial charge in [-0.25, -0.2) is 0 Å². The Morgan fingerprint density at radius 3 is 1.20 bits per heavy atom. The van der Waals surface area contributed by atoms with E-state index in [1.54, 1.807) is 0 Å². The van der Waals surface area contributed by atoms with Crippen LogP contribution in [0.5, 0.6) is 0 Å². The lowest BCUT2D eigenvalue weighted by atomic mass is 10.1. The van der Waals surface area contributed by atoms with Crippen LogP contribution in [0.2, 0.25) is 0 Å². The molecule has 0 aliphatic carbocycles. The molecule has 5 heteroatoms. The fraction of sp³-hybridized carbons (Fsp3) is 0.705. The molecular formula is C61H104O5. The number of allylic oxidation sites excluding steroid dienone is 16. The Hall–Kier alpha value is -3.18. The maximum Gasteiger partial charge on any atom is 0.306 e. The van der Waals surface area contributed by atoms with Crippen molar-refractivity contribution in [3.8, 4) is 0 Å². The molecule has 378 valence electrons. The first-order chi connectivity index (χ1) is 32.6. The summed E-state index contributed by atoms with van der Waals surface area (Å²) < 4.78 is 17.4. The van der Waals surface area contributed by atoms with E-state index in [4.69, 9.17) is 14.2 Å². The highest BCUT2D eigenvalue weighted by Gasteiger charge is 2.17. The van der Waals surface area contributed by atoms with Gasteiger partial charge in [-0.05, 0) is 103 Å². The Labute approximate surface area is 409 Å². The van der Waals surface area contributed by atoms with E-state index in [2.05, 4.69) is 112 Å². The molecule has 0 N–H and O–H groups in total. The number of esters is 2. The van der Waals surface area contributed by atoms with Gasteiger partial charge in [0.2, 0.25) is 0 Å². The molecular weight excluding hydrogens is 813 g/mol. The SMILES string of the molecule is CC/C=C\C/C=C\C/C=C\C/C=C\C/C=C\C/C=C\CCC(=O)OCC(COCCCCCCCC/C=C\CCCC)OC(=O)CCCCCCCCCCC/C=C\CCCCCCCC. The average Bonchev–Trinajstić information content (AvgIpc) is 3.32. The number of hydrogen-bond donors (Lipinski definition) is 0. The third kappa shape index (κ3) is 53.4. The van der Waals surface area contributed by atoms with Crippen LogP contribution < -0.4 is 0 Å². The summed E-state index contributed by atoms with van der Waals surface area (Å²) in [6, 6.07) is 0. The summed E-state index contributed by atoms with van der Waals surface area (Å²) in [7, 11) is 0. The van der Waals surface area contributed by atoms with Gasteiger partial charge in [-0.15, -0.1) is 0 Å². The molecule has 0 saturated carbocycles. The Bertz CT molecular complexity index is 1270. The van der Waals surface area contributed by atoms with Crippen LogP contribution in [0.15, 0.2) is 97.2 Å². The van der Waals surface area contributed by atoms with Crippen LogP contribution in [0.4, 0.5) is 0 Å². The van der Waals surface area contributed by atoms with E-state index in [0.717, 1.165) is 70.6 Å². The van der Waals surface area contributed by atoms with Crippen LogP contribution >= 0.6 is 0 Å². The highest BCUT2D eigenvalue weighted by molar-refractivity contribution is 5.70. The highest BCUT2D eigenvalue weighted by atomic mass is 16.6. The summed E-state index contributed by atoms with van der Waals surface area (Å²) in [6.07, 6.45) is 75.8. The molecule has 0 aliphatic rings. The summed E-state index contributed by atoms with van der Waals surface area (Å²) in [6.45, 7) is 7.59. The van der Waals surface area contributed by atoms with Gasteiger partial charge in [0.1, 0.15) is 6.61 Å². The summed E-state index contributed by atoms with van der Waals surface area (Å²) in [5, 5.41) is 0. The zero-order valence-corrected chi connectivity index (χ0v) is 43.4. The second kappa shape index (κ2) is 56.1. The average molecular weight is 917 g/mol. The molecule has 66 heavy (non-hydrogen) atoms. The smallest absolute Gasteiger partial charge is 0.306 e. The molecule has 0 spiro atoms. The fourth-order valence-corrected chi connectivity index (χ4v) is 7.45. The molecule has 0 fully saturated rings. The predicted octanol–water partition coefficient (Wildman–Crippen LogP) is 19.0. The van der Waals surface area contributed by atoms with Gasteiger partial charge >= 0.3 is 11.9 Å². The fourth-order valence-electron chi connectivity index (χ4n) is 7.45. The third-order valence-electron chi connectivity index (χ3n) is 11.6. The minimum atomic E-state index is -0.575. The number of hydrogen-bond acceptors (Lipinski definition) is 5. The first-order valence-corrected chi connectivity index (χ1v) is 27.8. The van der Waals surface area contributed by atoms with Gasteiger partial charge in [-0.3, -0.25) is 9.59 Å². The van der Waals surface area contributed by atoms with Crippen LogP contribution in [0.1, 0.15) is 252 Å². The number of carbonyl (C=O) groups excluding carboxylic acids is 2. The lowest BCUT2D eigenvalue weighted by Gasteiger charge is -2.18. The molecule has 1 atom stereocenters. The molecule has 0 bridgehead atoms. The standard InChI is InChI=1S/C61H104O5/c1-4-7-10-13-16-19-22-25-27-29-31-33-35-37-39-42-45-48-51-54-60(62)65-58-59(57-64-56-53-50-47-44-41-24-21-18-15-12-9-6-3)66-61(63)55-52-49-46-43-40-38-36-34-32-30-28-26-23-20-17-14-11-8-5-2/h7,10,15-16,18-19,25-28,31,33,37,39,45,48,59H,4-6,8-9,11-14,17,20-24,29-30,32,34-36,38,40-44,46-47,49-58H2,1-3H3/b10-7-,18-15-,19-16-,27-25-,28-26-,33-31-,39-37-,48-45-. The Balaban J connectivity index is 4.36. The Kier molecular flexibility index (Phi) is 53.4. The topological polar surface area (TPSA) is 61.8 Å². The lowest BCUT2D eigenvalue weighted by Crippen LogP contribution is -2.30. The van der Waals surface area contributed by atoms with Crippen LogP contribution in [0.3, 0.4) is 0 Å². The monoisotopic (exact) mass is 917 g/mol. The highest BCUT2D eigenvalue weighted by Crippen LogP contribution is 2.14. The van der Waals surface area contributed by atoms with Gasteiger partial charge in [0.15, 0.2) is 6.10 Å². The van der Waals surface area contributed by atoms with Crippen LogP contribution in [0.25, 0.3) is 0 Å². The maximum absolute atomic E-state index is 12.8. The van der Waals surface area contributed by atoms with Crippen molar-refractivity contribution in [3.05, 3.63) is 97.2 Å². The van der Waals surface area contributed by atoms with Gasteiger partial charge in [0.05, 0.1) is 6.61 Å². The van der Waals surface area contributed by atoms with E-state index < -0.39 is 6.10 Å². The minimum Gasteiger partial charge on any atom is -0.462 e. The minimum absolute atomic E-state index is 0.0384. The molecule has 0 aromatic carbocycles. The van der Waals surface area contributed by atoms with E-state index >= 15 is 0 Å². The van der Waals surface area contributed by atoms with Gasteiger partial charge in [0, 0.05) is 19.4 Å². The van der Waals surface area contributed by atoms with Crippen molar-refractivity contribution < 1.29 is 23.8 Å². The molecule has 5 nitrogen and oxygen atoms in total. The van der Waals surface area contributed by atoms with Crippen LogP contribution in [-0.4, -0.2) is 37.9 Å². The number of unbranched alkanes of at least 4 members (excludes halogenated alkanes) is 23. The van der Waals surface area contributed by atoms with Crippen molar-refractivity contribution in [1.82, 2.24) is 0 Å². The molecule has 0 amide bonds. The van der Waals surface area contributed by atoms with E-state index in [9.17, 15) is 9.59 Å². The molecule has 0 radical (unpaired) electrons. The van der Waals surface area contributed by atoms with Gasteiger partial charge in [-0.1, -0.05) is 234 Å².